The molecule has 1 aliphatic rings. The predicted molar refractivity (Wildman–Crippen MR) is 62.5 cm³/mol. The molecule has 0 saturated carbocycles. The number of methoxy groups -OCH3 is 1. The van der Waals surface area contributed by atoms with Crippen LogP contribution in [0.15, 0.2) is 24.3 Å². The highest BCUT2D eigenvalue weighted by atomic mass is 19.1. The lowest BCUT2D eigenvalue weighted by Gasteiger charge is -2.25. The molecule has 3 heteroatoms. The van der Waals surface area contributed by atoms with E-state index in [9.17, 15) is 4.39 Å². The Morgan fingerprint density at radius 3 is 2.88 bits per heavy atom. The monoisotopic (exact) mass is 223 g/mol. The van der Waals surface area contributed by atoms with Gasteiger partial charge in [-0.2, -0.15) is 0 Å². The predicted octanol–water partition coefficient (Wildman–Crippen LogP) is 2.63. The number of ether oxygens (including phenoxy) is 1. The molecule has 1 N–H and O–H groups in total. The van der Waals surface area contributed by atoms with Gasteiger partial charge in [-0.3, -0.25) is 0 Å². The Balaban J connectivity index is 2.32. The number of hydrogen-bond donors (Lipinski definition) is 1. The average Bonchev–Trinajstić information content (AvgIpc) is 2.55. The number of para-hydroxylation sites is 1. The maximum atomic E-state index is 14.9. The van der Waals surface area contributed by atoms with Crippen molar-refractivity contribution in [3.05, 3.63) is 29.8 Å². The first kappa shape index (κ1) is 11.4. The van der Waals surface area contributed by atoms with Crippen molar-refractivity contribution in [2.75, 3.05) is 20.2 Å². The lowest BCUT2D eigenvalue weighted by Crippen LogP contribution is -2.23. The highest BCUT2D eigenvalue weighted by Crippen LogP contribution is 2.40. The molecule has 2 nitrogen and oxygen atoms in total. The first-order valence-corrected chi connectivity index (χ1v) is 5.79. The summed E-state index contributed by atoms with van der Waals surface area (Å²) in [7, 11) is 1.59. The SMILES string of the molecule is COc1ccccc1C1(F)CCCNCC1. The summed E-state index contributed by atoms with van der Waals surface area (Å²) in [5.74, 6) is 0.659. The molecule has 0 bridgehead atoms. The van der Waals surface area contributed by atoms with Gasteiger partial charge in [-0.25, -0.2) is 4.39 Å². The van der Waals surface area contributed by atoms with Crippen LogP contribution >= 0.6 is 0 Å². The summed E-state index contributed by atoms with van der Waals surface area (Å²) in [4.78, 5) is 0. The van der Waals surface area contributed by atoms with Gasteiger partial charge in [-0.05, 0) is 38.4 Å². The van der Waals surface area contributed by atoms with Crippen molar-refractivity contribution in [3.63, 3.8) is 0 Å². The van der Waals surface area contributed by atoms with Crippen LogP contribution in [-0.4, -0.2) is 20.2 Å². The second-order valence-electron chi connectivity index (χ2n) is 4.27. The molecule has 88 valence electrons. The summed E-state index contributed by atoms with van der Waals surface area (Å²) in [5, 5.41) is 3.23. The van der Waals surface area contributed by atoms with E-state index < -0.39 is 5.67 Å². The minimum absolute atomic E-state index is 0.521. The quantitative estimate of drug-likeness (QED) is 0.832. The van der Waals surface area contributed by atoms with Crippen LogP contribution in [0.3, 0.4) is 0 Å². The van der Waals surface area contributed by atoms with E-state index in [0.717, 1.165) is 19.5 Å². The van der Waals surface area contributed by atoms with E-state index in [1.165, 1.54) is 0 Å². The van der Waals surface area contributed by atoms with Crippen molar-refractivity contribution < 1.29 is 9.13 Å². The van der Waals surface area contributed by atoms with Crippen LogP contribution in [0.2, 0.25) is 0 Å². The highest BCUT2D eigenvalue weighted by Gasteiger charge is 2.34. The van der Waals surface area contributed by atoms with Gasteiger partial charge < -0.3 is 10.1 Å². The van der Waals surface area contributed by atoms with E-state index in [2.05, 4.69) is 5.32 Å². The number of nitrogens with one attached hydrogen (secondary N) is 1. The first-order chi connectivity index (χ1) is 7.76. The number of hydrogen-bond acceptors (Lipinski definition) is 2. The van der Waals surface area contributed by atoms with Crippen molar-refractivity contribution in [2.45, 2.75) is 24.9 Å². The fraction of sp³-hybridized carbons (Fsp3) is 0.538. The van der Waals surface area contributed by atoms with Gasteiger partial charge in [0.2, 0.25) is 0 Å². The molecule has 0 radical (unpaired) electrons. The van der Waals surface area contributed by atoms with Crippen molar-refractivity contribution in [3.8, 4) is 5.75 Å². The fourth-order valence-electron chi connectivity index (χ4n) is 2.31. The Bertz CT molecular complexity index is 346. The Morgan fingerprint density at radius 1 is 1.25 bits per heavy atom. The van der Waals surface area contributed by atoms with Gasteiger partial charge in [0.15, 0.2) is 0 Å². The molecule has 1 atom stereocenters. The number of benzene rings is 1. The molecule has 1 heterocycles. The molecule has 1 aromatic rings. The third kappa shape index (κ3) is 2.19. The van der Waals surface area contributed by atoms with E-state index in [4.69, 9.17) is 4.74 Å². The Morgan fingerprint density at radius 2 is 2.06 bits per heavy atom. The van der Waals surface area contributed by atoms with Crippen LogP contribution < -0.4 is 10.1 Å². The summed E-state index contributed by atoms with van der Waals surface area (Å²) in [6.07, 6.45) is 1.96. The third-order valence-electron chi connectivity index (χ3n) is 3.21. The van der Waals surface area contributed by atoms with Gasteiger partial charge in [0.05, 0.1) is 7.11 Å². The molecule has 16 heavy (non-hydrogen) atoms. The molecule has 0 spiro atoms. The van der Waals surface area contributed by atoms with Crippen LogP contribution in [-0.2, 0) is 5.67 Å². The first-order valence-electron chi connectivity index (χ1n) is 5.79. The summed E-state index contributed by atoms with van der Waals surface area (Å²) in [6.45, 7) is 1.63. The minimum atomic E-state index is -1.24. The minimum Gasteiger partial charge on any atom is -0.496 e. The topological polar surface area (TPSA) is 21.3 Å². The van der Waals surface area contributed by atoms with Crippen molar-refractivity contribution in [1.29, 1.82) is 0 Å². The second-order valence-corrected chi connectivity index (χ2v) is 4.27. The number of alkyl halides is 1. The molecule has 1 unspecified atom stereocenters. The van der Waals surface area contributed by atoms with Gasteiger partial charge >= 0.3 is 0 Å². The lowest BCUT2D eigenvalue weighted by molar-refractivity contribution is 0.140. The molecular formula is C13H18FNO. The normalized spacial score (nSPS) is 26.1. The molecule has 1 aliphatic heterocycles. The summed E-state index contributed by atoms with van der Waals surface area (Å²) in [6, 6.07) is 7.41. The van der Waals surface area contributed by atoms with Crippen LogP contribution in [0.5, 0.6) is 5.75 Å². The van der Waals surface area contributed by atoms with E-state index in [-0.39, 0.29) is 0 Å². The van der Waals surface area contributed by atoms with Gasteiger partial charge in [0.25, 0.3) is 0 Å². The largest absolute Gasteiger partial charge is 0.496 e. The lowest BCUT2D eigenvalue weighted by atomic mass is 9.88. The molecule has 0 aliphatic carbocycles. The van der Waals surface area contributed by atoms with E-state index in [1.54, 1.807) is 7.11 Å². The Kier molecular flexibility index (Phi) is 3.44. The highest BCUT2D eigenvalue weighted by molar-refractivity contribution is 5.38. The molecule has 0 amide bonds. The van der Waals surface area contributed by atoms with Crippen molar-refractivity contribution in [2.24, 2.45) is 0 Å². The zero-order valence-electron chi connectivity index (χ0n) is 9.63. The zero-order chi connectivity index (χ0) is 11.4. The van der Waals surface area contributed by atoms with Crippen LogP contribution in [0.25, 0.3) is 0 Å². The van der Waals surface area contributed by atoms with E-state index in [0.29, 0.717) is 24.2 Å². The smallest absolute Gasteiger partial charge is 0.140 e. The molecule has 1 fully saturated rings. The van der Waals surface area contributed by atoms with E-state index >= 15 is 0 Å². The van der Waals surface area contributed by atoms with Crippen molar-refractivity contribution in [1.82, 2.24) is 5.32 Å². The van der Waals surface area contributed by atoms with E-state index in [1.807, 2.05) is 24.3 Å². The fourth-order valence-corrected chi connectivity index (χ4v) is 2.31. The number of halogens is 1. The zero-order valence-corrected chi connectivity index (χ0v) is 9.63. The van der Waals surface area contributed by atoms with Crippen LogP contribution in [0.1, 0.15) is 24.8 Å². The van der Waals surface area contributed by atoms with Gasteiger partial charge in [0, 0.05) is 5.56 Å². The molecule has 2 rings (SSSR count). The maximum absolute atomic E-state index is 14.9. The number of rotatable bonds is 2. The second kappa shape index (κ2) is 4.83. The molecule has 1 saturated heterocycles. The average molecular weight is 223 g/mol. The summed E-state index contributed by atoms with van der Waals surface area (Å²) in [5.41, 5.74) is -0.544. The van der Waals surface area contributed by atoms with Crippen LogP contribution in [0, 0.1) is 0 Å². The Hall–Kier alpha value is -1.09. The Labute approximate surface area is 95.8 Å². The van der Waals surface area contributed by atoms with Gasteiger partial charge in [-0.1, -0.05) is 18.2 Å². The molecule has 0 aromatic heterocycles. The standard InChI is InChI=1S/C13H18FNO/c1-16-12-6-3-2-5-11(12)13(14)7-4-9-15-10-8-13/h2-3,5-6,15H,4,7-10H2,1H3. The third-order valence-corrected chi connectivity index (χ3v) is 3.21. The maximum Gasteiger partial charge on any atom is 0.140 e. The summed E-state index contributed by atoms with van der Waals surface area (Å²) < 4.78 is 20.1. The summed E-state index contributed by atoms with van der Waals surface area (Å²) >= 11 is 0. The molecular weight excluding hydrogens is 205 g/mol. The van der Waals surface area contributed by atoms with Crippen molar-refractivity contribution >= 4 is 0 Å². The van der Waals surface area contributed by atoms with Gasteiger partial charge in [-0.15, -0.1) is 0 Å². The van der Waals surface area contributed by atoms with Crippen LogP contribution in [0.4, 0.5) is 4.39 Å². The van der Waals surface area contributed by atoms with Gasteiger partial charge in [0.1, 0.15) is 11.4 Å². The molecule has 1 aromatic carbocycles.